The fourth-order valence-electron chi connectivity index (χ4n) is 2.59. The largest absolute Gasteiger partial charge is 0.394 e. The Morgan fingerprint density at radius 3 is 2.29 bits per heavy atom. The predicted octanol–water partition coefficient (Wildman–Crippen LogP) is 2.00. The molecular formula is C14H30N2O. The van der Waals surface area contributed by atoms with Crippen molar-refractivity contribution in [3.63, 3.8) is 0 Å². The van der Waals surface area contributed by atoms with Gasteiger partial charge in [0.05, 0.1) is 6.61 Å². The zero-order valence-electron chi connectivity index (χ0n) is 11.8. The van der Waals surface area contributed by atoms with Crippen molar-refractivity contribution >= 4 is 0 Å². The van der Waals surface area contributed by atoms with Crippen LogP contribution in [0.1, 0.15) is 51.9 Å². The summed E-state index contributed by atoms with van der Waals surface area (Å²) >= 11 is 0. The number of likely N-dealkylation sites (N-methyl/N-ethyl adjacent to an activating group) is 1. The Bertz CT molecular complexity index is 196. The van der Waals surface area contributed by atoms with E-state index in [4.69, 9.17) is 0 Å². The second kappa shape index (κ2) is 7.34. The third-order valence-electron chi connectivity index (χ3n) is 4.42. The summed E-state index contributed by atoms with van der Waals surface area (Å²) in [7, 11) is 4.17. The third-order valence-corrected chi connectivity index (χ3v) is 4.42. The lowest BCUT2D eigenvalue weighted by molar-refractivity contribution is 0.142. The zero-order chi connectivity index (χ0) is 12.7. The number of aliphatic hydroxyl groups excluding tert-OH is 1. The highest BCUT2D eigenvalue weighted by molar-refractivity contribution is 4.83. The maximum atomic E-state index is 9.37. The van der Waals surface area contributed by atoms with Crippen molar-refractivity contribution in [2.75, 3.05) is 27.2 Å². The van der Waals surface area contributed by atoms with E-state index in [0.717, 1.165) is 19.0 Å². The monoisotopic (exact) mass is 242 g/mol. The van der Waals surface area contributed by atoms with Crippen molar-refractivity contribution in [3.8, 4) is 0 Å². The van der Waals surface area contributed by atoms with Gasteiger partial charge in [-0.1, -0.05) is 25.7 Å². The number of hydrogen-bond donors (Lipinski definition) is 2. The molecule has 1 atom stereocenters. The molecule has 0 saturated heterocycles. The molecule has 0 aromatic rings. The third kappa shape index (κ3) is 4.94. The average molecular weight is 242 g/mol. The molecular weight excluding hydrogens is 212 g/mol. The van der Waals surface area contributed by atoms with Crippen LogP contribution in [-0.2, 0) is 0 Å². The van der Waals surface area contributed by atoms with E-state index in [1.807, 2.05) is 7.05 Å². The van der Waals surface area contributed by atoms with Crippen LogP contribution in [0.25, 0.3) is 0 Å². The molecule has 3 nitrogen and oxygen atoms in total. The Balaban J connectivity index is 2.34. The van der Waals surface area contributed by atoms with Crippen LogP contribution in [0.2, 0.25) is 0 Å². The van der Waals surface area contributed by atoms with Gasteiger partial charge in [-0.3, -0.25) is 0 Å². The highest BCUT2D eigenvalue weighted by Gasteiger charge is 2.23. The van der Waals surface area contributed by atoms with E-state index < -0.39 is 0 Å². The summed E-state index contributed by atoms with van der Waals surface area (Å²) < 4.78 is 0. The molecule has 0 aliphatic heterocycles. The molecule has 0 amide bonds. The lowest BCUT2D eigenvalue weighted by Gasteiger charge is -2.32. The Kier molecular flexibility index (Phi) is 6.45. The minimum atomic E-state index is -0.126. The van der Waals surface area contributed by atoms with E-state index in [9.17, 15) is 5.11 Å². The van der Waals surface area contributed by atoms with E-state index in [1.54, 1.807) is 0 Å². The van der Waals surface area contributed by atoms with Crippen LogP contribution in [0.4, 0.5) is 0 Å². The molecule has 1 rings (SSSR count). The smallest absolute Gasteiger partial charge is 0.0610 e. The van der Waals surface area contributed by atoms with Gasteiger partial charge in [0.25, 0.3) is 0 Å². The first-order valence-electron chi connectivity index (χ1n) is 7.11. The second-order valence-electron chi connectivity index (χ2n) is 5.84. The lowest BCUT2D eigenvalue weighted by atomic mass is 9.98. The molecule has 0 heterocycles. The van der Waals surface area contributed by atoms with E-state index in [-0.39, 0.29) is 12.1 Å². The molecule has 102 valence electrons. The van der Waals surface area contributed by atoms with Crippen LogP contribution in [0.15, 0.2) is 0 Å². The van der Waals surface area contributed by atoms with Crippen molar-refractivity contribution < 1.29 is 5.11 Å². The Morgan fingerprint density at radius 1 is 1.24 bits per heavy atom. The van der Waals surface area contributed by atoms with Crippen LogP contribution in [0, 0.1) is 0 Å². The molecule has 0 spiro atoms. The molecule has 3 heteroatoms. The zero-order valence-corrected chi connectivity index (χ0v) is 11.8. The van der Waals surface area contributed by atoms with Gasteiger partial charge in [-0.05, 0) is 46.8 Å². The topological polar surface area (TPSA) is 35.5 Å². The van der Waals surface area contributed by atoms with Gasteiger partial charge in [0.1, 0.15) is 0 Å². The predicted molar refractivity (Wildman–Crippen MR) is 73.3 cm³/mol. The minimum Gasteiger partial charge on any atom is -0.394 e. The summed E-state index contributed by atoms with van der Waals surface area (Å²) in [4.78, 5) is 2.50. The summed E-state index contributed by atoms with van der Waals surface area (Å²) in [6.07, 6.45) is 9.31. The van der Waals surface area contributed by atoms with Crippen LogP contribution in [0.5, 0.6) is 0 Å². The molecule has 1 aliphatic carbocycles. The van der Waals surface area contributed by atoms with Crippen LogP contribution in [-0.4, -0.2) is 48.8 Å². The first kappa shape index (κ1) is 14.9. The van der Waals surface area contributed by atoms with Crippen molar-refractivity contribution in [1.29, 1.82) is 0 Å². The highest BCUT2D eigenvalue weighted by atomic mass is 16.3. The first-order valence-corrected chi connectivity index (χ1v) is 7.11. The summed E-state index contributed by atoms with van der Waals surface area (Å²) in [6, 6.07) is 0.761. The normalized spacial score (nSPS) is 22.4. The van der Waals surface area contributed by atoms with Gasteiger partial charge >= 0.3 is 0 Å². The van der Waals surface area contributed by atoms with Crippen molar-refractivity contribution in [1.82, 2.24) is 10.2 Å². The van der Waals surface area contributed by atoms with Crippen molar-refractivity contribution in [3.05, 3.63) is 0 Å². The summed E-state index contributed by atoms with van der Waals surface area (Å²) in [5.74, 6) is 0. The van der Waals surface area contributed by atoms with Gasteiger partial charge in [-0.2, -0.15) is 0 Å². The lowest BCUT2D eigenvalue weighted by Crippen LogP contribution is -2.46. The van der Waals surface area contributed by atoms with Crippen molar-refractivity contribution in [2.24, 2.45) is 0 Å². The van der Waals surface area contributed by atoms with E-state index >= 15 is 0 Å². The number of nitrogens with zero attached hydrogens (tertiary/aromatic N) is 1. The quantitative estimate of drug-likeness (QED) is 0.699. The van der Waals surface area contributed by atoms with Gasteiger partial charge in [0.15, 0.2) is 0 Å². The number of nitrogens with one attached hydrogen (secondary N) is 1. The minimum absolute atomic E-state index is 0.126. The maximum Gasteiger partial charge on any atom is 0.0610 e. The van der Waals surface area contributed by atoms with Gasteiger partial charge < -0.3 is 15.3 Å². The second-order valence-corrected chi connectivity index (χ2v) is 5.84. The van der Waals surface area contributed by atoms with E-state index in [2.05, 4.69) is 24.2 Å². The Hall–Kier alpha value is -0.120. The van der Waals surface area contributed by atoms with E-state index in [1.165, 1.54) is 38.5 Å². The molecule has 1 fully saturated rings. The molecule has 0 aromatic carbocycles. The summed E-state index contributed by atoms with van der Waals surface area (Å²) in [6.45, 7) is 3.37. The molecule has 0 bridgehead atoms. The molecule has 17 heavy (non-hydrogen) atoms. The summed E-state index contributed by atoms with van der Waals surface area (Å²) in [5.41, 5.74) is -0.126. The molecule has 1 aliphatic rings. The molecule has 1 unspecified atom stereocenters. The van der Waals surface area contributed by atoms with Crippen LogP contribution < -0.4 is 5.32 Å². The van der Waals surface area contributed by atoms with E-state index in [0.29, 0.717) is 0 Å². The van der Waals surface area contributed by atoms with Gasteiger partial charge in [-0.25, -0.2) is 0 Å². The standard InChI is InChI=1S/C14H30N2O/c1-14(12-17,15-2)10-11-16(3)13-8-6-4-5-7-9-13/h13,15,17H,4-12H2,1-3H3. The molecule has 2 N–H and O–H groups in total. The van der Waals surface area contributed by atoms with Crippen LogP contribution >= 0.6 is 0 Å². The summed E-state index contributed by atoms with van der Waals surface area (Å²) in [5, 5.41) is 12.6. The highest BCUT2D eigenvalue weighted by Crippen LogP contribution is 2.21. The van der Waals surface area contributed by atoms with Crippen molar-refractivity contribution in [2.45, 2.75) is 63.5 Å². The number of aliphatic hydroxyl groups is 1. The first-order chi connectivity index (χ1) is 8.11. The molecule has 0 radical (unpaired) electrons. The van der Waals surface area contributed by atoms with Crippen LogP contribution in [0.3, 0.4) is 0 Å². The van der Waals surface area contributed by atoms with Gasteiger partial charge in [0.2, 0.25) is 0 Å². The molecule has 0 aromatic heterocycles. The Morgan fingerprint density at radius 2 is 1.82 bits per heavy atom. The maximum absolute atomic E-state index is 9.37. The Labute approximate surface area is 107 Å². The SMILES string of the molecule is CNC(C)(CO)CCN(C)C1CCCCCC1. The number of rotatable bonds is 6. The van der Waals surface area contributed by atoms with Gasteiger partial charge in [-0.15, -0.1) is 0 Å². The fourth-order valence-corrected chi connectivity index (χ4v) is 2.59. The average Bonchev–Trinajstić information content (AvgIpc) is 2.64. The number of hydrogen-bond acceptors (Lipinski definition) is 3. The van der Waals surface area contributed by atoms with Gasteiger partial charge in [0, 0.05) is 11.6 Å². The fraction of sp³-hybridized carbons (Fsp3) is 1.00. The molecule has 1 saturated carbocycles.